The molecule has 2 N–H and O–H groups in total. The Labute approximate surface area is 87.6 Å². The molecule has 0 saturated heterocycles. The molecule has 3 heteroatoms. The number of carbonyl (C=O) groups is 1. The lowest BCUT2D eigenvalue weighted by molar-refractivity contribution is -0.135. The Hall–Kier alpha value is -0.570. The van der Waals surface area contributed by atoms with Gasteiger partial charge < -0.3 is 10.6 Å². The third-order valence-corrected chi connectivity index (χ3v) is 2.75. The number of nitrogens with two attached hydrogens (primary N) is 1. The number of rotatable bonds is 5. The molecule has 0 rings (SSSR count). The van der Waals surface area contributed by atoms with E-state index in [-0.39, 0.29) is 11.8 Å². The van der Waals surface area contributed by atoms with E-state index in [2.05, 4.69) is 20.8 Å². The first kappa shape index (κ1) is 13.4. The molecular formula is C11H24N2O. The maximum absolute atomic E-state index is 11.8. The third-order valence-electron chi connectivity index (χ3n) is 2.75. The molecule has 0 aromatic rings. The molecule has 2 atom stereocenters. The van der Waals surface area contributed by atoms with Gasteiger partial charge in [0.05, 0.1) is 0 Å². The van der Waals surface area contributed by atoms with Gasteiger partial charge in [-0.3, -0.25) is 4.79 Å². The molecule has 1 amide bonds. The zero-order valence-electron chi connectivity index (χ0n) is 10.1. The Kier molecular flexibility index (Phi) is 5.77. The highest BCUT2D eigenvalue weighted by Crippen LogP contribution is 2.13. The minimum Gasteiger partial charge on any atom is -0.345 e. The molecular weight excluding hydrogens is 176 g/mol. The van der Waals surface area contributed by atoms with Crippen LogP contribution in [0, 0.1) is 17.8 Å². The second-order valence-corrected chi connectivity index (χ2v) is 4.59. The van der Waals surface area contributed by atoms with Gasteiger partial charge in [0, 0.05) is 19.5 Å². The van der Waals surface area contributed by atoms with Crippen molar-refractivity contribution >= 4 is 5.91 Å². The molecule has 0 saturated carbocycles. The molecule has 0 bridgehead atoms. The lowest BCUT2D eigenvalue weighted by Gasteiger charge is -2.25. The monoisotopic (exact) mass is 200 g/mol. The minimum atomic E-state index is 0.102. The van der Waals surface area contributed by atoms with Gasteiger partial charge in [-0.2, -0.15) is 0 Å². The first-order valence-electron chi connectivity index (χ1n) is 5.35. The molecule has 0 radical (unpaired) electrons. The fraction of sp³-hybridized carbons (Fsp3) is 0.909. The van der Waals surface area contributed by atoms with Crippen LogP contribution in [-0.2, 0) is 4.79 Å². The van der Waals surface area contributed by atoms with E-state index in [1.807, 2.05) is 14.0 Å². The summed E-state index contributed by atoms with van der Waals surface area (Å²) < 4.78 is 0. The first-order chi connectivity index (χ1) is 6.40. The number of nitrogens with zero attached hydrogens (tertiary/aromatic N) is 1. The molecule has 0 aliphatic heterocycles. The van der Waals surface area contributed by atoms with Gasteiger partial charge in [0.15, 0.2) is 0 Å². The lowest BCUT2D eigenvalue weighted by atomic mass is 9.96. The molecule has 84 valence electrons. The Balaban J connectivity index is 4.11. The van der Waals surface area contributed by atoms with Crippen LogP contribution in [-0.4, -0.2) is 30.9 Å². The SMILES string of the molecule is CC(CN)CN(C)C(=O)C(C)C(C)C. The van der Waals surface area contributed by atoms with Gasteiger partial charge in [0.1, 0.15) is 0 Å². The summed E-state index contributed by atoms with van der Waals surface area (Å²) in [6.45, 7) is 9.58. The molecule has 2 unspecified atom stereocenters. The fourth-order valence-electron chi connectivity index (χ4n) is 1.26. The smallest absolute Gasteiger partial charge is 0.225 e. The highest BCUT2D eigenvalue weighted by molar-refractivity contribution is 5.78. The highest BCUT2D eigenvalue weighted by Gasteiger charge is 2.20. The molecule has 3 nitrogen and oxygen atoms in total. The zero-order valence-corrected chi connectivity index (χ0v) is 10.1. The number of amides is 1. The van der Waals surface area contributed by atoms with Crippen LogP contribution >= 0.6 is 0 Å². The van der Waals surface area contributed by atoms with Crippen LogP contribution in [0.25, 0.3) is 0 Å². The van der Waals surface area contributed by atoms with Crippen molar-refractivity contribution in [2.75, 3.05) is 20.1 Å². The summed E-state index contributed by atoms with van der Waals surface area (Å²) in [7, 11) is 1.85. The van der Waals surface area contributed by atoms with E-state index in [1.54, 1.807) is 4.90 Å². The average molecular weight is 200 g/mol. The van der Waals surface area contributed by atoms with E-state index in [1.165, 1.54) is 0 Å². The second-order valence-electron chi connectivity index (χ2n) is 4.59. The number of hydrogen-bond donors (Lipinski definition) is 1. The van der Waals surface area contributed by atoms with Crippen LogP contribution in [0.3, 0.4) is 0 Å². The van der Waals surface area contributed by atoms with E-state index < -0.39 is 0 Å². The van der Waals surface area contributed by atoms with E-state index in [9.17, 15) is 4.79 Å². The van der Waals surface area contributed by atoms with Crippen LogP contribution < -0.4 is 5.73 Å². The highest BCUT2D eigenvalue weighted by atomic mass is 16.2. The quantitative estimate of drug-likeness (QED) is 0.728. The zero-order chi connectivity index (χ0) is 11.3. The Morgan fingerprint density at radius 3 is 2.14 bits per heavy atom. The maximum atomic E-state index is 11.8. The fourth-order valence-corrected chi connectivity index (χ4v) is 1.26. The van der Waals surface area contributed by atoms with Gasteiger partial charge in [-0.05, 0) is 18.4 Å². The third kappa shape index (κ3) is 4.09. The van der Waals surface area contributed by atoms with Crippen molar-refractivity contribution in [1.29, 1.82) is 0 Å². The maximum Gasteiger partial charge on any atom is 0.225 e. The Morgan fingerprint density at radius 1 is 1.29 bits per heavy atom. The molecule has 0 spiro atoms. The average Bonchev–Trinajstić information content (AvgIpc) is 2.14. The standard InChI is InChI=1S/C11H24N2O/c1-8(2)10(4)11(14)13(5)7-9(3)6-12/h8-10H,6-7,12H2,1-5H3. The summed E-state index contributed by atoms with van der Waals surface area (Å²) in [5.74, 6) is 1.10. The Morgan fingerprint density at radius 2 is 1.79 bits per heavy atom. The summed E-state index contributed by atoms with van der Waals surface area (Å²) >= 11 is 0. The minimum absolute atomic E-state index is 0.102. The van der Waals surface area contributed by atoms with Gasteiger partial charge >= 0.3 is 0 Å². The summed E-state index contributed by atoms with van der Waals surface area (Å²) in [6, 6.07) is 0. The van der Waals surface area contributed by atoms with Gasteiger partial charge in [0.2, 0.25) is 5.91 Å². The molecule has 0 fully saturated rings. The van der Waals surface area contributed by atoms with Crippen LogP contribution in [0.15, 0.2) is 0 Å². The first-order valence-corrected chi connectivity index (χ1v) is 5.35. The molecule has 0 aromatic carbocycles. The van der Waals surface area contributed by atoms with Gasteiger partial charge in [-0.25, -0.2) is 0 Å². The van der Waals surface area contributed by atoms with Crippen molar-refractivity contribution in [3.63, 3.8) is 0 Å². The van der Waals surface area contributed by atoms with Crippen LogP contribution in [0.5, 0.6) is 0 Å². The second kappa shape index (κ2) is 6.02. The normalized spacial score (nSPS) is 15.4. The molecule has 0 heterocycles. The van der Waals surface area contributed by atoms with Gasteiger partial charge in [0.25, 0.3) is 0 Å². The molecule has 14 heavy (non-hydrogen) atoms. The predicted octanol–water partition coefficient (Wildman–Crippen LogP) is 1.33. The number of carbonyl (C=O) groups excluding carboxylic acids is 1. The number of hydrogen-bond acceptors (Lipinski definition) is 2. The van der Waals surface area contributed by atoms with E-state index >= 15 is 0 Å². The van der Waals surface area contributed by atoms with E-state index in [0.29, 0.717) is 18.4 Å². The molecule has 0 aliphatic carbocycles. The predicted molar refractivity (Wildman–Crippen MR) is 59.9 cm³/mol. The van der Waals surface area contributed by atoms with Crippen LogP contribution in [0.1, 0.15) is 27.7 Å². The Bertz CT molecular complexity index is 180. The van der Waals surface area contributed by atoms with Crippen molar-refractivity contribution in [3.05, 3.63) is 0 Å². The van der Waals surface area contributed by atoms with Gasteiger partial charge in [-0.1, -0.05) is 27.7 Å². The van der Waals surface area contributed by atoms with Gasteiger partial charge in [-0.15, -0.1) is 0 Å². The van der Waals surface area contributed by atoms with Crippen molar-refractivity contribution in [1.82, 2.24) is 4.90 Å². The molecule has 0 aromatic heterocycles. The van der Waals surface area contributed by atoms with Crippen molar-refractivity contribution in [3.8, 4) is 0 Å². The summed E-state index contributed by atoms with van der Waals surface area (Å²) in [6.07, 6.45) is 0. The lowest BCUT2D eigenvalue weighted by Crippen LogP contribution is -2.38. The van der Waals surface area contributed by atoms with Crippen molar-refractivity contribution in [2.45, 2.75) is 27.7 Å². The van der Waals surface area contributed by atoms with Crippen LogP contribution in [0.4, 0.5) is 0 Å². The largest absolute Gasteiger partial charge is 0.345 e. The van der Waals surface area contributed by atoms with E-state index in [0.717, 1.165) is 6.54 Å². The summed E-state index contributed by atoms with van der Waals surface area (Å²) in [5, 5.41) is 0. The van der Waals surface area contributed by atoms with E-state index in [4.69, 9.17) is 5.73 Å². The van der Waals surface area contributed by atoms with Crippen molar-refractivity contribution < 1.29 is 4.79 Å². The topological polar surface area (TPSA) is 46.3 Å². The molecule has 0 aliphatic rings. The van der Waals surface area contributed by atoms with Crippen molar-refractivity contribution in [2.24, 2.45) is 23.5 Å². The summed E-state index contributed by atoms with van der Waals surface area (Å²) in [5.41, 5.74) is 5.52. The van der Waals surface area contributed by atoms with Crippen LogP contribution in [0.2, 0.25) is 0 Å². The summed E-state index contributed by atoms with van der Waals surface area (Å²) in [4.78, 5) is 13.6.